The molecule has 0 bridgehead atoms. The van der Waals surface area contributed by atoms with Gasteiger partial charge in [0.15, 0.2) is 0 Å². The Bertz CT molecular complexity index is 459. The maximum atomic E-state index is 12.4. The molecular formula is C18H32N4O3. The third-order valence-electron chi connectivity index (χ3n) is 5.56. The summed E-state index contributed by atoms with van der Waals surface area (Å²) in [6, 6.07) is 0.343. The van der Waals surface area contributed by atoms with E-state index in [0.29, 0.717) is 44.7 Å². The van der Waals surface area contributed by atoms with Crippen molar-refractivity contribution in [2.45, 2.75) is 44.8 Å². The van der Waals surface area contributed by atoms with E-state index >= 15 is 0 Å². The van der Waals surface area contributed by atoms with Crippen molar-refractivity contribution in [3.63, 3.8) is 0 Å². The van der Waals surface area contributed by atoms with Gasteiger partial charge in [-0.15, -0.1) is 0 Å². The van der Waals surface area contributed by atoms with Crippen LogP contribution in [-0.2, 0) is 14.3 Å². The van der Waals surface area contributed by atoms with Crippen molar-refractivity contribution in [3.05, 3.63) is 0 Å². The molecule has 2 heterocycles. The van der Waals surface area contributed by atoms with Crippen LogP contribution in [0.25, 0.3) is 0 Å². The second kappa shape index (κ2) is 8.96. The largest absolute Gasteiger partial charge is 0.366 e. The predicted octanol–water partition coefficient (Wildman–Crippen LogP) is -0.186. The van der Waals surface area contributed by atoms with Crippen LogP contribution in [0.3, 0.4) is 0 Å². The standard InChI is InChI=1S/C18H32N4O3/c1-14-3-2-4-15(11-14)20-17(23)13-21-6-8-22(9-7-21)18(24)16-12-19-5-10-25-16/h14-16,19H,2-13H2,1H3,(H,20,23). The Hall–Kier alpha value is -1.18. The van der Waals surface area contributed by atoms with Crippen molar-refractivity contribution in [3.8, 4) is 0 Å². The Morgan fingerprint density at radius 3 is 2.68 bits per heavy atom. The number of amides is 2. The first-order chi connectivity index (χ1) is 12.1. The first kappa shape index (κ1) is 18.6. The van der Waals surface area contributed by atoms with Gasteiger partial charge in [0, 0.05) is 45.3 Å². The van der Waals surface area contributed by atoms with E-state index in [-0.39, 0.29) is 17.9 Å². The Kier molecular flexibility index (Phi) is 6.67. The van der Waals surface area contributed by atoms with Crippen molar-refractivity contribution >= 4 is 11.8 Å². The Labute approximate surface area is 150 Å². The summed E-state index contributed by atoms with van der Waals surface area (Å²) in [6.07, 6.45) is 4.35. The molecule has 3 unspecified atom stereocenters. The predicted molar refractivity (Wildman–Crippen MR) is 95.2 cm³/mol. The van der Waals surface area contributed by atoms with Crippen LogP contribution in [0.5, 0.6) is 0 Å². The van der Waals surface area contributed by atoms with Crippen LogP contribution < -0.4 is 10.6 Å². The first-order valence-electron chi connectivity index (χ1n) is 9.74. The molecule has 2 amide bonds. The molecule has 3 fully saturated rings. The Morgan fingerprint density at radius 1 is 1.20 bits per heavy atom. The summed E-state index contributed by atoms with van der Waals surface area (Å²) in [5.41, 5.74) is 0. The fourth-order valence-electron chi connectivity index (χ4n) is 4.10. The lowest BCUT2D eigenvalue weighted by atomic mass is 9.87. The summed E-state index contributed by atoms with van der Waals surface area (Å²) in [5.74, 6) is 0.913. The van der Waals surface area contributed by atoms with Gasteiger partial charge in [0.1, 0.15) is 6.10 Å². The highest BCUT2D eigenvalue weighted by Crippen LogP contribution is 2.23. The zero-order chi connectivity index (χ0) is 17.6. The molecule has 0 spiro atoms. The molecule has 2 saturated heterocycles. The van der Waals surface area contributed by atoms with E-state index in [1.807, 2.05) is 4.90 Å². The molecule has 1 aliphatic carbocycles. The minimum absolute atomic E-state index is 0.0764. The van der Waals surface area contributed by atoms with Crippen LogP contribution in [-0.4, -0.2) is 86.2 Å². The molecule has 3 aliphatic rings. The van der Waals surface area contributed by atoms with Gasteiger partial charge >= 0.3 is 0 Å². The Balaban J connectivity index is 1.37. The van der Waals surface area contributed by atoms with Crippen molar-refractivity contribution in [2.24, 2.45) is 5.92 Å². The van der Waals surface area contributed by atoms with Gasteiger partial charge in [0.05, 0.1) is 13.2 Å². The number of carbonyl (C=O) groups is 2. The monoisotopic (exact) mass is 352 g/mol. The molecule has 7 nitrogen and oxygen atoms in total. The number of nitrogens with one attached hydrogen (secondary N) is 2. The zero-order valence-electron chi connectivity index (χ0n) is 15.3. The van der Waals surface area contributed by atoms with Gasteiger partial charge in [-0.3, -0.25) is 14.5 Å². The number of nitrogens with zero attached hydrogens (tertiary/aromatic N) is 2. The summed E-state index contributed by atoms with van der Waals surface area (Å²) in [5, 5.41) is 6.39. The van der Waals surface area contributed by atoms with Crippen molar-refractivity contribution < 1.29 is 14.3 Å². The molecule has 0 aromatic rings. The van der Waals surface area contributed by atoms with Crippen molar-refractivity contribution in [1.29, 1.82) is 0 Å². The number of hydrogen-bond acceptors (Lipinski definition) is 5. The molecule has 0 aromatic carbocycles. The summed E-state index contributed by atoms with van der Waals surface area (Å²) in [4.78, 5) is 28.7. The van der Waals surface area contributed by atoms with Gasteiger partial charge < -0.3 is 20.3 Å². The highest BCUT2D eigenvalue weighted by atomic mass is 16.5. The van der Waals surface area contributed by atoms with E-state index in [1.54, 1.807) is 0 Å². The van der Waals surface area contributed by atoms with E-state index in [2.05, 4.69) is 22.5 Å². The number of hydrogen-bond donors (Lipinski definition) is 2. The van der Waals surface area contributed by atoms with Crippen LogP contribution in [0, 0.1) is 5.92 Å². The number of morpholine rings is 1. The normalized spacial score (nSPS) is 31.6. The van der Waals surface area contributed by atoms with Crippen LogP contribution in [0.4, 0.5) is 0 Å². The summed E-state index contributed by atoms with van der Waals surface area (Å²) < 4.78 is 5.55. The van der Waals surface area contributed by atoms with Gasteiger partial charge in [-0.25, -0.2) is 0 Å². The zero-order valence-corrected chi connectivity index (χ0v) is 15.3. The van der Waals surface area contributed by atoms with E-state index in [0.717, 1.165) is 32.5 Å². The highest BCUT2D eigenvalue weighted by molar-refractivity contribution is 5.81. The topological polar surface area (TPSA) is 73.9 Å². The highest BCUT2D eigenvalue weighted by Gasteiger charge is 2.30. The van der Waals surface area contributed by atoms with Crippen LogP contribution in [0.1, 0.15) is 32.6 Å². The number of carbonyl (C=O) groups excluding carboxylic acids is 2. The average molecular weight is 352 g/mol. The fraction of sp³-hybridized carbons (Fsp3) is 0.889. The minimum Gasteiger partial charge on any atom is -0.366 e. The molecule has 3 rings (SSSR count). The molecular weight excluding hydrogens is 320 g/mol. The van der Waals surface area contributed by atoms with Crippen LogP contribution in [0.2, 0.25) is 0 Å². The lowest BCUT2D eigenvalue weighted by Crippen LogP contribution is -2.56. The molecule has 1 saturated carbocycles. The second-order valence-corrected chi connectivity index (χ2v) is 7.70. The second-order valence-electron chi connectivity index (χ2n) is 7.70. The number of rotatable bonds is 4. The lowest BCUT2D eigenvalue weighted by Gasteiger charge is -2.37. The van der Waals surface area contributed by atoms with Crippen molar-refractivity contribution in [1.82, 2.24) is 20.4 Å². The quantitative estimate of drug-likeness (QED) is 0.734. The maximum Gasteiger partial charge on any atom is 0.253 e. The van der Waals surface area contributed by atoms with Gasteiger partial charge in [-0.2, -0.15) is 0 Å². The van der Waals surface area contributed by atoms with E-state index < -0.39 is 0 Å². The molecule has 0 aromatic heterocycles. The fourth-order valence-corrected chi connectivity index (χ4v) is 4.10. The summed E-state index contributed by atoms with van der Waals surface area (Å²) in [7, 11) is 0. The third-order valence-corrected chi connectivity index (χ3v) is 5.56. The average Bonchev–Trinajstić information content (AvgIpc) is 2.62. The lowest BCUT2D eigenvalue weighted by molar-refractivity contribution is -0.147. The molecule has 3 atom stereocenters. The van der Waals surface area contributed by atoms with E-state index in [1.165, 1.54) is 12.8 Å². The molecule has 2 N–H and O–H groups in total. The summed E-state index contributed by atoms with van der Waals surface area (Å²) >= 11 is 0. The van der Waals surface area contributed by atoms with Crippen molar-refractivity contribution in [2.75, 3.05) is 52.4 Å². The van der Waals surface area contributed by atoms with Gasteiger partial charge in [0.2, 0.25) is 5.91 Å². The number of piperazine rings is 1. The third kappa shape index (κ3) is 5.39. The van der Waals surface area contributed by atoms with Crippen LogP contribution >= 0.6 is 0 Å². The first-order valence-corrected chi connectivity index (χ1v) is 9.74. The molecule has 2 aliphatic heterocycles. The molecule has 0 radical (unpaired) electrons. The van der Waals surface area contributed by atoms with Gasteiger partial charge in [-0.1, -0.05) is 19.8 Å². The summed E-state index contributed by atoms with van der Waals surface area (Å²) in [6.45, 7) is 7.55. The van der Waals surface area contributed by atoms with Gasteiger partial charge in [0.25, 0.3) is 5.91 Å². The molecule has 142 valence electrons. The smallest absolute Gasteiger partial charge is 0.253 e. The minimum atomic E-state index is -0.350. The van der Waals surface area contributed by atoms with E-state index in [4.69, 9.17) is 4.74 Å². The maximum absolute atomic E-state index is 12.4. The molecule has 7 heteroatoms. The SMILES string of the molecule is CC1CCCC(NC(=O)CN2CCN(C(=O)C3CNCCO3)CC2)C1. The van der Waals surface area contributed by atoms with Gasteiger partial charge in [-0.05, 0) is 18.8 Å². The molecule has 25 heavy (non-hydrogen) atoms. The van der Waals surface area contributed by atoms with E-state index in [9.17, 15) is 9.59 Å². The number of ether oxygens (including phenoxy) is 1. The van der Waals surface area contributed by atoms with Crippen LogP contribution in [0.15, 0.2) is 0 Å². The Morgan fingerprint density at radius 2 is 2.00 bits per heavy atom.